The SMILES string of the molecule is Nc1ccc(CCn2cncc2-c2cccnc2)cc1. The first-order valence-corrected chi connectivity index (χ1v) is 6.58. The summed E-state index contributed by atoms with van der Waals surface area (Å²) >= 11 is 0. The zero-order valence-corrected chi connectivity index (χ0v) is 11.1. The first kappa shape index (κ1) is 12.4. The lowest BCUT2D eigenvalue weighted by molar-refractivity contribution is 0.701. The number of anilines is 1. The zero-order valence-electron chi connectivity index (χ0n) is 11.1. The van der Waals surface area contributed by atoms with E-state index in [-0.39, 0.29) is 0 Å². The van der Waals surface area contributed by atoms with Gasteiger partial charge in [-0.15, -0.1) is 0 Å². The third kappa shape index (κ3) is 2.69. The summed E-state index contributed by atoms with van der Waals surface area (Å²) in [6.07, 6.45) is 8.32. The Morgan fingerprint density at radius 2 is 1.85 bits per heavy atom. The molecule has 2 N–H and O–H groups in total. The molecule has 100 valence electrons. The van der Waals surface area contributed by atoms with Crippen molar-refractivity contribution in [3.8, 4) is 11.3 Å². The molecule has 0 aliphatic heterocycles. The van der Waals surface area contributed by atoms with Crippen LogP contribution in [0.4, 0.5) is 5.69 Å². The van der Waals surface area contributed by atoms with E-state index in [4.69, 9.17) is 5.73 Å². The van der Waals surface area contributed by atoms with Crippen LogP contribution in [0.1, 0.15) is 5.56 Å². The van der Waals surface area contributed by atoms with E-state index in [2.05, 4.69) is 26.7 Å². The third-order valence-electron chi connectivity index (χ3n) is 3.29. The highest BCUT2D eigenvalue weighted by molar-refractivity contribution is 5.57. The molecule has 0 saturated carbocycles. The number of nitrogens with two attached hydrogens (primary N) is 1. The van der Waals surface area contributed by atoms with Crippen LogP contribution < -0.4 is 5.73 Å². The zero-order chi connectivity index (χ0) is 13.8. The fourth-order valence-electron chi connectivity index (χ4n) is 2.19. The van der Waals surface area contributed by atoms with Gasteiger partial charge in [-0.25, -0.2) is 4.98 Å². The smallest absolute Gasteiger partial charge is 0.0951 e. The van der Waals surface area contributed by atoms with Crippen LogP contribution in [-0.2, 0) is 13.0 Å². The first-order valence-electron chi connectivity index (χ1n) is 6.58. The Labute approximate surface area is 117 Å². The fourth-order valence-corrected chi connectivity index (χ4v) is 2.19. The summed E-state index contributed by atoms with van der Waals surface area (Å²) in [5, 5.41) is 0. The molecule has 3 rings (SSSR count). The van der Waals surface area contributed by atoms with Gasteiger partial charge in [0.25, 0.3) is 0 Å². The minimum absolute atomic E-state index is 0.799. The van der Waals surface area contributed by atoms with Crippen LogP contribution in [0.5, 0.6) is 0 Å². The van der Waals surface area contributed by atoms with Crippen molar-refractivity contribution in [1.29, 1.82) is 0 Å². The molecule has 0 aliphatic carbocycles. The van der Waals surface area contributed by atoms with Gasteiger partial charge in [0.15, 0.2) is 0 Å². The highest BCUT2D eigenvalue weighted by Gasteiger charge is 2.05. The molecule has 2 heterocycles. The minimum Gasteiger partial charge on any atom is -0.399 e. The molecular formula is C16H16N4. The average molecular weight is 264 g/mol. The topological polar surface area (TPSA) is 56.7 Å². The van der Waals surface area contributed by atoms with Gasteiger partial charge in [0, 0.05) is 30.2 Å². The molecule has 2 aromatic heterocycles. The Hall–Kier alpha value is -2.62. The van der Waals surface area contributed by atoms with Crippen molar-refractivity contribution in [1.82, 2.24) is 14.5 Å². The summed E-state index contributed by atoms with van der Waals surface area (Å²) in [5.74, 6) is 0. The molecule has 0 fully saturated rings. The van der Waals surface area contributed by atoms with Crippen LogP contribution in [0.15, 0.2) is 61.3 Å². The molecule has 3 aromatic rings. The molecule has 0 unspecified atom stereocenters. The Bertz CT molecular complexity index is 671. The lowest BCUT2D eigenvalue weighted by Crippen LogP contribution is -2.02. The number of nitrogens with zero attached hydrogens (tertiary/aromatic N) is 3. The van der Waals surface area contributed by atoms with E-state index in [9.17, 15) is 0 Å². The number of rotatable bonds is 4. The van der Waals surface area contributed by atoms with Gasteiger partial charge >= 0.3 is 0 Å². The number of pyridine rings is 1. The van der Waals surface area contributed by atoms with E-state index in [0.717, 1.165) is 29.9 Å². The molecule has 1 aromatic carbocycles. The fraction of sp³-hybridized carbons (Fsp3) is 0.125. The summed E-state index contributed by atoms with van der Waals surface area (Å²) in [7, 11) is 0. The van der Waals surface area contributed by atoms with E-state index in [0.29, 0.717) is 0 Å². The van der Waals surface area contributed by atoms with Crippen molar-refractivity contribution in [2.24, 2.45) is 0 Å². The maximum Gasteiger partial charge on any atom is 0.0951 e. The normalized spacial score (nSPS) is 10.6. The van der Waals surface area contributed by atoms with E-state index in [1.807, 2.05) is 43.0 Å². The van der Waals surface area contributed by atoms with Crippen molar-refractivity contribution in [3.05, 3.63) is 66.9 Å². The monoisotopic (exact) mass is 264 g/mol. The number of benzene rings is 1. The molecule has 0 spiro atoms. The molecule has 20 heavy (non-hydrogen) atoms. The number of hydrogen-bond acceptors (Lipinski definition) is 3. The predicted molar refractivity (Wildman–Crippen MR) is 80.0 cm³/mol. The number of aromatic nitrogens is 3. The van der Waals surface area contributed by atoms with Crippen LogP contribution in [0.25, 0.3) is 11.3 Å². The highest BCUT2D eigenvalue weighted by atomic mass is 15.0. The van der Waals surface area contributed by atoms with Crippen LogP contribution in [-0.4, -0.2) is 14.5 Å². The Morgan fingerprint density at radius 1 is 1.00 bits per heavy atom. The molecule has 0 aliphatic rings. The summed E-state index contributed by atoms with van der Waals surface area (Å²) < 4.78 is 2.15. The summed E-state index contributed by atoms with van der Waals surface area (Å²) in [5.41, 5.74) is 9.94. The minimum atomic E-state index is 0.799. The summed E-state index contributed by atoms with van der Waals surface area (Å²) in [6.45, 7) is 0.883. The Morgan fingerprint density at radius 3 is 2.60 bits per heavy atom. The molecular weight excluding hydrogens is 248 g/mol. The molecule has 0 amide bonds. The molecule has 4 nitrogen and oxygen atoms in total. The third-order valence-corrected chi connectivity index (χ3v) is 3.29. The quantitative estimate of drug-likeness (QED) is 0.737. The van der Waals surface area contributed by atoms with Gasteiger partial charge < -0.3 is 10.3 Å². The number of aryl methyl sites for hydroxylation is 2. The van der Waals surface area contributed by atoms with Gasteiger partial charge in [0.1, 0.15) is 0 Å². The molecule has 0 bridgehead atoms. The molecule has 0 radical (unpaired) electrons. The highest BCUT2D eigenvalue weighted by Crippen LogP contribution is 2.18. The van der Waals surface area contributed by atoms with E-state index in [1.165, 1.54) is 5.56 Å². The van der Waals surface area contributed by atoms with Crippen molar-refractivity contribution < 1.29 is 0 Å². The van der Waals surface area contributed by atoms with Gasteiger partial charge in [0.05, 0.1) is 18.2 Å². The summed E-state index contributed by atoms with van der Waals surface area (Å²) in [6, 6.07) is 12.0. The molecule has 0 atom stereocenters. The summed E-state index contributed by atoms with van der Waals surface area (Å²) in [4.78, 5) is 8.39. The maximum absolute atomic E-state index is 5.70. The van der Waals surface area contributed by atoms with Gasteiger partial charge in [0.2, 0.25) is 0 Å². The predicted octanol–water partition coefficient (Wildman–Crippen LogP) is 2.77. The maximum atomic E-state index is 5.70. The molecule has 4 heteroatoms. The average Bonchev–Trinajstić information content (AvgIpc) is 2.96. The first-order chi connectivity index (χ1) is 9.83. The van der Waals surface area contributed by atoms with E-state index >= 15 is 0 Å². The van der Waals surface area contributed by atoms with E-state index < -0.39 is 0 Å². The van der Waals surface area contributed by atoms with Gasteiger partial charge in [-0.2, -0.15) is 0 Å². The van der Waals surface area contributed by atoms with Crippen molar-refractivity contribution in [3.63, 3.8) is 0 Å². The van der Waals surface area contributed by atoms with Crippen LogP contribution in [0.2, 0.25) is 0 Å². The Balaban J connectivity index is 1.76. The second kappa shape index (κ2) is 5.57. The number of hydrogen-bond donors (Lipinski definition) is 1. The van der Waals surface area contributed by atoms with Crippen LogP contribution >= 0.6 is 0 Å². The number of imidazole rings is 1. The van der Waals surface area contributed by atoms with Gasteiger partial charge in [-0.05, 0) is 36.2 Å². The van der Waals surface area contributed by atoms with Gasteiger partial charge in [-0.1, -0.05) is 12.1 Å². The Kier molecular flexibility index (Phi) is 3.46. The second-order valence-corrected chi connectivity index (χ2v) is 4.71. The van der Waals surface area contributed by atoms with Crippen molar-refractivity contribution >= 4 is 5.69 Å². The van der Waals surface area contributed by atoms with Gasteiger partial charge in [-0.3, -0.25) is 4.98 Å². The lowest BCUT2D eigenvalue weighted by Gasteiger charge is -2.08. The van der Waals surface area contributed by atoms with Crippen molar-refractivity contribution in [2.75, 3.05) is 5.73 Å². The molecule has 0 saturated heterocycles. The number of nitrogen functional groups attached to an aromatic ring is 1. The largest absolute Gasteiger partial charge is 0.399 e. The second-order valence-electron chi connectivity index (χ2n) is 4.71. The van der Waals surface area contributed by atoms with Crippen LogP contribution in [0, 0.1) is 0 Å². The lowest BCUT2D eigenvalue weighted by atomic mass is 10.1. The van der Waals surface area contributed by atoms with E-state index in [1.54, 1.807) is 6.20 Å². The van der Waals surface area contributed by atoms with Crippen LogP contribution in [0.3, 0.4) is 0 Å². The standard InChI is InChI=1S/C16H16N4/c17-15-5-3-13(4-6-15)7-9-20-12-19-11-16(20)14-2-1-8-18-10-14/h1-6,8,10-12H,7,9,17H2. The van der Waals surface area contributed by atoms with Crippen molar-refractivity contribution in [2.45, 2.75) is 13.0 Å².